The maximum Gasteiger partial charge on any atom is 0.161 e. The van der Waals surface area contributed by atoms with Crippen LogP contribution in [0.3, 0.4) is 0 Å². The van der Waals surface area contributed by atoms with Crippen LogP contribution in [0.5, 0.6) is 11.5 Å². The molecule has 3 nitrogen and oxygen atoms in total. The summed E-state index contributed by atoms with van der Waals surface area (Å²) in [5.74, 6) is 2.36. The Kier molecular flexibility index (Phi) is 3.57. The highest BCUT2D eigenvalue weighted by molar-refractivity contribution is 5.48. The molecule has 0 amide bonds. The highest BCUT2D eigenvalue weighted by atomic mass is 16.5. The van der Waals surface area contributed by atoms with Crippen LogP contribution < -0.4 is 14.8 Å². The molecule has 1 N–H and O–H groups in total. The van der Waals surface area contributed by atoms with Gasteiger partial charge in [0, 0.05) is 6.04 Å². The zero-order valence-electron chi connectivity index (χ0n) is 11.0. The molecule has 0 bridgehead atoms. The van der Waals surface area contributed by atoms with E-state index < -0.39 is 0 Å². The molecule has 0 unspecified atom stereocenters. The first-order valence-corrected chi connectivity index (χ1v) is 6.11. The van der Waals surface area contributed by atoms with Gasteiger partial charge < -0.3 is 14.8 Å². The van der Waals surface area contributed by atoms with E-state index in [1.807, 2.05) is 0 Å². The summed E-state index contributed by atoms with van der Waals surface area (Å²) in [6.45, 7) is 5.50. The highest BCUT2D eigenvalue weighted by Gasteiger charge is 2.24. The summed E-state index contributed by atoms with van der Waals surface area (Å²) in [6, 6.07) is 4.60. The van der Waals surface area contributed by atoms with Crippen molar-refractivity contribution >= 4 is 0 Å². The second-order valence-electron chi connectivity index (χ2n) is 4.87. The van der Waals surface area contributed by atoms with Crippen LogP contribution in [0.25, 0.3) is 0 Å². The van der Waals surface area contributed by atoms with Crippen molar-refractivity contribution in [1.29, 1.82) is 0 Å². The van der Waals surface area contributed by atoms with E-state index in [2.05, 4.69) is 31.3 Å². The van der Waals surface area contributed by atoms with Crippen LogP contribution in [0.4, 0.5) is 0 Å². The first-order valence-electron chi connectivity index (χ1n) is 6.11. The van der Waals surface area contributed by atoms with Crippen molar-refractivity contribution in [2.24, 2.45) is 5.92 Å². The third kappa shape index (κ3) is 2.39. The lowest BCUT2D eigenvalue weighted by atomic mass is 9.97. The lowest BCUT2D eigenvalue weighted by Crippen LogP contribution is -2.14. The third-order valence-corrected chi connectivity index (χ3v) is 3.50. The number of hydrogen-bond acceptors (Lipinski definition) is 3. The number of hydrogen-bond donors (Lipinski definition) is 1. The second-order valence-corrected chi connectivity index (χ2v) is 4.87. The van der Waals surface area contributed by atoms with Crippen molar-refractivity contribution in [3.63, 3.8) is 0 Å². The Hall–Kier alpha value is -1.22. The minimum atomic E-state index is 0.449. The van der Waals surface area contributed by atoms with Crippen molar-refractivity contribution in [2.45, 2.75) is 26.3 Å². The molecule has 0 saturated carbocycles. The van der Waals surface area contributed by atoms with Crippen molar-refractivity contribution in [2.75, 3.05) is 20.8 Å². The Morgan fingerprint density at radius 3 is 2.35 bits per heavy atom. The largest absolute Gasteiger partial charge is 0.493 e. The maximum atomic E-state index is 5.37. The van der Waals surface area contributed by atoms with Gasteiger partial charge in [0.15, 0.2) is 11.5 Å². The van der Waals surface area contributed by atoms with E-state index in [1.165, 1.54) is 17.5 Å². The van der Waals surface area contributed by atoms with Crippen LogP contribution in [-0.4, -0.2) is 20.8 Å². The molecular weight excluding hydrogens is 214 g/mol. The molecule has 0 radical (unpaired) electrons. The third-order valence-electron chi connectivity index (χ3n) is 3.50. The van der Waals surface area contributed by atoms with Gasteiger partial charge in [-0.15, -0.1) is 0 Å². The first kappa shape index (κ1) is 12.2. The number of rotatable bonds is 3. The van der Waals surface area contributed by atoms with E-state index in [0.29, 0.717) is 6.04 Å². The molecule has 3 heteroatoms. The summed E-state index contributed by atoms with van der Waals surface area (Å²) in [7, 11) is 3.36. The van der Waals surface area contributed by atoms with Crippen LogP contribution in [0, 0.1) is 12.8 Å². The van der Waals surface area contributed by atoms with Gasteiger partial charge in [0.25, 0.3) is 0 Å². The molecule has 1 saturated heterocycles. The van der Waals surface area contributed by atoms with Crippen molar-refractivity contribution in [3.05, 3.63) is 23.3 Å². The zero-order valence-corrected chi connectivity index (χ0v) is 11.0. The van der Waals surface area contributed by atoms with Gasteiger partial charge in [-0.3, -0.25) is 0 Å². The minimum absolute atomic E-state index is 0.449. The fraction of sp³-hybridized carbons (Fsp3) is 0.571. The summed E-state index contributed by atoms with van der Waals surface area (Å²) in [5, 5.41) is 3.56. The number of nitrogens with one attached hydrogen (secondary N) is 1. The first-order chi connectivity index (χ1) is 8.15. The molecule has 2 atom stereocenters. The van der Waals surface area contributed by atoms with Gasteiger partial charge in [-0.1, -0.05) is 6.92 Å². The number of methoxy groups -OCH3 is 2. The quantitative estimate of drug-likeness (QED) is 0.873. The van der Waals surface area contributed by atoms with Gasteiger partial charge in [-0.05, 0) is 49.1 Å². The minimum Gasteiger partial charge on any atom is -0.493 e. The van der Waals surface area contributed by atoms with Gasteiger partial charge in [-0.25, -0.2) is 0 Å². The zero-order chi connectivity index (χ0) is 12.4. The molecule has 1 aliphatic rings. The standard InChI is InChI=1S/C14H21NO2/c1-9-5-12(15-8-9)11-7-14(17-4)13(16-3)6-10(11)2/h6-7,9,12,15H,5,8H2,1-4H3/t9-,12+/m1/s1. The van der Waals surface area contributed by atoms with Crippen LogP contribution in [0.15, 0.2) is 12.1 Å². The van der Waals surface area contributed by atoms with Crippen molar-refractivity contribution in [1.82, 2.24) is 5.32 Å². The van der Waals surface area contributed by atoms with Crippen molar-refractivity contribution in [3.8, 4) is 11.5 Å². The van der Waals surface area contributed by atoms with Gasteiger partial charge in [-0.2, -0.15) is 0 Å². The monoisotopic (exact) mass is 235 g/mol. The van der Waals surface area contributed by atoms with E-state index in [4.69, 9.17) is 9.47 Å². The molecule has 1 fully saturated rings. The fourth-order valence-corrected chi connectivity index (χ4v) is 2.52. The number of benzene rings is 1. The van der Waals surface area contributed by atoms with Crippen molar-refractivity contribution < 1.29 is 9.47 Å². The van der Waals surface area contributed by atoms with Crippen LogP contribution >= 0.6 is 0 Å². The van der Waals surface area contributed by atoms with E-state index in [-0.39, 0.29) is 0 Å². The molecular formula is C14H21NO2. The summed E-state index contributed by atoms with van der Waals surface area (Å²) in [5.41, 5.74) is 2.58. The summed E-state index contributed by atoms with van der Waals surface area (Å²) >= 11 is 0. The predicted molar refractivity (Wildman–Crippen MR) is 68.8 cm³/mol. The smallest absolute Gasteiger partial charge is 0.161 e. The molecule has 1 aliphatic heterocycles. The average Bonchev–Trinajstić information content (AvgIpc) is 2.75. The molecule has 1 aromatic rings. The Balaban J connectivity index is 2.34. The molecule has 2 rings (SSSR count). The second kappa shape index (κ2) is 4.96. The Bertz CT molecular complexity index is 403. The maximum absolute atomic E-state index is 5.37. The van der Waals surface area contributed by atoms with Crippen LogP contribution in [0.2, 0.25) is 0 Å². The summed E-state index contributed by atoms with van der Waals surface area (Å²) in [4.78, 5) is 0. The normalized spacial score (nSPS) is 23.8. The van der Waals surface area contributed by atoms with E-state index in [1.54, 1.807) is 14.2 Å². The molecule has 1 heterocycles. The molecule has 0 aromatic heterocycles. The van der Waals surface area contributed by atoms with E-state index in [0.717, 1.165) is 24.0 Å². The van der Waals surface area contributed by atoms with Gasteiger partial charge in [0.1, 0.15) is 0 Å². The summed E-state index contributed by atoms with van der Waals surface area (Å²) in [6.07, 6.45) is 1.19. The molecule has 17 heavy (non-hydrogen) atoms. The van der Waals surface area contributed by atoms with Gasteiger partial charge >= 0.3 is 0 Å². The topological polar surface area (TPSA) is 30.5 Å². The van der Waals surface area contributed by atoms with Crippen LogP contribution in [-0.2, 0) is 0 Å². The van der Waals surface area contributed by atoms with E-state index >= 15 is 0 Å². The summed E-state index contributed by atoms with van der Waals surface area (Å²) < 4.78 is 10.7. The number of ether oxygens (including phenoxy) is 2. The Morgan fingerprint density at radius 2 is 1.82 bits per heavy atom. The predicted octanol–water partition coefficient (Wildman–Crippen LogP) is 2.68. The average molecular weight is 235 g/mol. The highest BCUT2D eigenvalue weighted by Crippen LogP contribution is 2.36. The molecule has 1 aromatic carbocycles. The SMILES string of the molecule is COc1cc(C)c([C@@H]2C[C@@H](C)CN2)cc1OC. The fourth-order valence-electron chi connectivity index (χ4n) is 2.52. The van der Waals surface area contributed by atoms with Gasteiger partial charge in [0.05, 0.1) is 14.2 Å². The van der Waals surface area contributed by atoms with Gasteiger partial charge in [0.2, 0.25) is 0 Å². The molecule has 0 aliphatic carbocycles. The Labute approximate surface area is 103 Å². The number of aryl methyl sites for hydroxylation is 1. The Morgan fingerprint density at radius 1 is 1.18 bits per heavy atom. The molecule has 94 valence electrons. The lowest BCUT2D eigenvalue weighted by molar-refractivity contribution is 0.353. The molecule has 0 spiro atoms. The van der Waals surface area contributed by atoms with E-state index in [9.17, 15) is 0 Å². The lowest BCUT2D eigenvalue weighted by Gasteiger charge is -2.17. The van der Waals surface area contributed by atoms with Crippen LogP contribution in [0.1, 0.15) is 30.5 Å².